The summed E-state index contributed by atoms with van der Waals surface area (Å²) < 4.78 is 26.2. The maximum Gasteiger partial charge on any atom is 0.220 e. The van der Waals surface area contributed by atoms with Crippen LogP contribution in [0.25, 0.3) is 0 Å². The van der Waals surface area contributed by atoms with Crippen molar-refractivity contribution in [2.75, 3.05) is 39.5 Å². The summed E-state index contributed by atoms with van der Waals surface area (Å²) in [5.41, 5.74) is 1.16. The van der Waals surface area contributed by atoms with Crippen LogP contribution in [-0.2, 0) is 14.8 Å². The number of sulfonamides is 1. The number of rotatable bonds is 10. The van der Waals surface area contributed by atoms with Crippen molar-refractivity contribution in [3.63, 3.8) is 0 Å². The fourth-order valence-electron chi connectivity index (χ4n) is 3.41. The predicted octanol–water partition coefficient (Wildman–Crippen LogP) is 2.39. The van der Waals surface area contributed by atoms with Gasteiger partial charge in [0.25, 0.3) is 0 Å². The van der Waals surface area contributed by atoms with Crippen molar-refractivity contribution < 1.29 is 13.2 Å². The van der Waals surface area contributed by atoms with E-state index in [1.54, 1.807) is 4.31 Å². The van der Waals surface area contributed by atoms with Crippen LogP contribution in [0.15, 0.2) is 30.3 Å². The minimum Gasteiger partial charge on any atom is -0.354 e. The molecular formula is C20H33N3O3S. The van der Waals surface area contributed by atoms with Crippen LogP contribution in [-0.4, -0.2) is 63.0 Å². The number of amides is 1. The Balaban J connectivity index is 1.69. The number of piperidine rings is 1. The Morgan fingerprint density at radius 2 is 1.78 bits per heavy atom. The minimum absolute atomic E-state index is 0.0202. The molecule has 1 heterocycles. The van der Waals surface area contributed by atoms with Gasteiger partial charge in [-0.3, -0.25) is 4.79 Å². The van der Waals surface area contributed by atoms with Crippen LogP contribution in [0.2, 0.25) is 0 Å². The van der Waals surface area contributed by atoms with E-state index in [0.717, 1.165) is 24.8 Å². The van der Waals surface area contributed by atoms with E-state index in [1.807, 2.05) is 32.3 Å². The summed E-state index contributed by atoms with van der Waals surface area (Å²) >= 11 is 0. The van der Waals surface area contributed by atoms with Crippen LogP contribution in [0.3, 0.4) is 0 Å². The van der Waals surface area contributed by atoms with Gasteiger partial charge >= 0.3 is 0 Å². The number of nitrogens with zero attached hydrogens (tertiary/aromatic N) is 2. The molecular weight excluding hydrogens is 362 g/mol. The van der Waals surface area contributed by atoms with Crippen molar-refractivity contribution >= 4 is 15.9 Å². The number of carbonyl (C=O) groups excluding carboxylic acids is 1. The first-order chi connectivity index (χ1) is 12.9. The molecule has 1 saturated heterocycles. The lowest BCUT2D eigenvalue weighted by Gasteiger charge is -2.26. The molecule has 27 heavy (non-hydrogen) atoms. The summed E-state index contributed by atoms with van der Waals surface area (Å²) in [6.45, 7) is 1.84. The molecule has 0 aromatic heterocycles. The van der Waals surface area contributed by atoms with Crippen LogP contribution in [0.5, 0.6) is 0 Å². The number of unbranched alkanes of at least 4 members (excludes halogenated alkanes) is 1. The van der Waals surface area contributed by atoms with Gasteiger partial charge in [-0.2, -0.15) is 0 Å². The number of hydrogen-bond acceptors (Lipinski definition) is 4. The number of carbonyl (C=O) groups is 1. The average Bonchev–Trinajstić information content (AvgIpc) is 2.67. The molecule has 1 fully saturated rings. The van der Waals surface area contributed by atoms with Gasteiger partial charge in [0.1, 0.15) is 0 Å². The van der Waals surface area contributed by atoms with E-state index in [-0.39, 0.29) is 17.7 Å². The number of likely N-dealkylation sites (N-methyl/N-ethyl adjacent to an activating group) is 1. The monoisotopic (exact) mass is 395 g/mol. The molecule has 0 spiro atoms. The molecule has 0 radical (unpaired) electrons. The quantitative estimate of drug-likeness (QED) is 0.618. The Morgan fingerprint density at radius 3 is 2.41 bits per heavy atom. The van der Waals surface area contributed by atoms with Gasteiger partial charge in [-0.1, -0.05) is 36.8 Å². The lowest BCUT2D eigenvalue weighted by Crippen LogP contribution is -2.37. The van der Waals surface area contributed by atoms with Crippen LogP contribution in [0.1, 0.15) is 50.1 Å². The fourth-order valence-corrected chi connectivity index (χ4v) is 5.06. The van der Waals surface area contributed by atoms with Crippen molar-refractivity contribution in [2.45, 2.75) is 44.6 Å². The molecule has 1 aliphatic rings. The fraction of sp³-hybridized carbons (Fsp3) is 0.650. The summed E-state index contributed by atoms with van der Waals surface area (Å²) in [7, 11) is 0.831. The van der Waals surface area contributed by atoms with Crippen LogP contribution in [0, 0.1) is 0 Å². The molecule has 1 amide bonds. The van der Waals surface area contributed by atoms with E-state index in [4.69, 9.17) is 0 Å². The number of hydrogen-bond donors (Lipinski definition) is 1. The van der Waals surface area contributed by atoms with Crippen molar-refractivity contribution in [2.24, 2.45) is 0 Å². The van der Waals surface area contributed by atoms with Crippen molar-refractivity contribution in [3.8, 4) is 0 Å². The minimum atomic E-state index is -3.16. The molecule has 0 bridgehead atoms. The van der Waals surface area contributed by atoms with Gasteiger partial charge in [-0.15, -0.1) is 0 Å². The van der Waals surface area contributed by atoms with Gasteiger partial charge in [0.05, 0.1) is 11.8 Å². The molecule has 1 aromatic carbocycles. The highest BCUT2D eigenvalue weighted by Gasteiger charge is 2.23. The zero-order chi connectivity index (χ0) is 19.7. The molecule has 0 aliphatic carbocycles. The molecule has 6 nitrogen and oxygen atoms in total. The largest absolute Gasteiger partial charge is 0.354 e. The molecule has 7 heteroatoms. The normalized spacial score (nSPS) is 17.0. The van der Waals surface area contributed by atoms with Gasteiger partial charge < -0.3 is 10.2 Å². The molecule has 1 unspecified atom stereocenters. The second kappa shape index (κ2) is 10.8. The maximum atomic E-state index is 12.3. The smallest absolute Gasteiger partial charge is 0.220 e. The third kappa shape index (κ3) is 7.24. The lowest BCUT2D eigenvalue weighted by atomic mass is 10.1. The Bertz CT molecular complexity index is 671. The van der Waals surface area contributed by atoms with Gasteiger partial charge in [0.15, 0.2) is 0 Å². The second-order valence-electron chi connectivity index (χ2n) is 7.43. The third-order valence-electron chi connectivity index (χ3n) is 5.06. The van der Waals surface area contributed by atoms with E-state index < -0.39 is 10.0 Å². The zero-order valence-corrected chi connectivity index (χ0v) is 17.4. The predicted molar refractivity (Wildman–Crippen MR) is 109 cm³/mol. The molecule has 1 atom stereocenters. The van der Waals surface area contributed by atoms with Crippen molar-refractivity contribution in [1.82, 2.24) is 14.5 Å². The van der Waals surface area contributed by atoms with Crippen LogP contribution in [0.4, 0.5) is 0 Å². The highest BCUT2D eigenvalue weighted by Crippen LogP contribution is 2.17. The Labute approximate surface area is 164 Å². The SMILES string of the molecule is CN(C)C(CNC(=O)CCCCS(=O)(=O)N1CCCCC1)c1ccccc1. The zero-order valence-electron chi connectivity index (χ0n) is 16.6. The third-order valence-corrected chi connectivity index (χ3v) is 7.02. The second-order valence-corrected chi connectivity index (χ2v) is 9.52. The maximum absolute atomic E-state index is 12.3. The van der Waals surface area contributed by atoms with Gasteiger partial charge in [-0.05, 0) is 45.3 Å². The van der Waals surface area contributed by atoms with Gasteiger partial charge in [0.2, 0.25) is 15.9 Å². The van der Waals surface area contributed by atoms with Crippen LogP contribution < -0.4 is 5.32 Å². The van der Waals surface area contributed by atoms with E-state index in [1.165, 1.54) is 0 Å². The molecule has 1 N–H and O–H groups in total. The van der Waals surface area contributed by atoms with Gasteiger partial charge in [-0.25, -0.2) is 12.7 Å². The first-order valence-electron chi connectivity index (χ1n) is 9.86. The summed E-state index contributed by atoms with van der Waals surface area (Å²) in [4.78, 5) is 14.2. The van der Waals surface area contributed by atoms with Gasteiger partial charge in [0, 0.05) is 26.1 Å². The molecule has 2 rings (SSSR count). The average molecular weight is 396 g/mol. The van der Waals surface area contributed by atoms with E-state index in [9.17, 15) is 13.2 Å². The Hall–Kier alpha value is -1.44. The van der Waals surface area contributed by atoms with E-state index in [0.29, 0.717) is 38.9 Å². The number of benzene rings is 1. The summed E-state index contributed by atoms with van der Waals surface area (Å²) in [5, 5.41) is 2.98. The van der Waals surface area contributed by atoms with Crippen molar-refractivity contribution in [1.29, 1.82) is 0 Å². The Kier molecular flexibility index (Phi) is 8.73. The van der Waals surface area contributed by atoms with Crippen LogP contribution >= 0.6 is 0 Å². The first kappa shape index (κ1) is 21.9. The standard InChI is InChI=1S/C20H33N3O3S/c1-22(2)19(18-11-5-3-6-12-18)17-21-20(24)13-7-10-16-27(25,26)23-14-8-4-9-15-23/h3,5-6,11-12,19H,4,7-10,13-17H2,1-2H3,(H,21,24). The summed E-state index contributed by atoms with van der Waals surface area (Å²) in [6, 6.07) is 10.2. The topological polar surface area (TPSA) is 69.7 Å². The lowest BCUT2D eigenvalue weighted by molar-refractivity contribution is -0.121. The molecule has 0 saturated carbocycles. The Morgan fingerprint density at radius 1 is 1.11 bits per heavy atom. The molecule has 152 valence electrons. The summed E-state index contributed by atoms with van der Waals surface area (Å²) in [6.07, 6.45) is 4.51. The molecule has 1 aromatic rings. The molecule has 1 aliphatic heterocycles. The highest BCUT2D eigenvalue weighted by molar-refractivity contribution is 7.89. The van der Waals surface area contributed by atoms with Crippen molar-refractivity contribution in [3.05, 3.63) is 35.9 Å². The highest BCUT2D eigenvalue weighted by atomic mass is 32.2. The van der Waals surface area contributed by atoms with E-state index in [2.05, 4.69) is 22.3 Å². The first-order valence-corrected chi connectivity index (χ1v) is 11.5. The number of nitrogens with one attached hydrogen (secondary N) is 1. The summed E-state index contributed by atoms with van der Waals surface area (Å²) in [5.74, 6) is 0.123. The van der Waals surface area contributed by atoms with E-state index >= 15 is 0 Å².